The van der Waals surface area contributed by atoms with E-state index >= 15 is 0 Å². The fraction of sp³-hybridized carbons (Fsp3) is 0.450. The van der Waals surface area contributed by atoms with E-state index in [0.717, 1.165) is 40.9 Å². The van der Waals surface area contributed by atoms with Gasteiger partial charge in [0, 0.05) is 39.9 Å². The van der Waals surface area contributed by atoms with E-state index in [2.05, 4.69) is 16.4 Å². The minimum absolute atomic E-state index is 0.0140. The third-order valence-corrected chi connectivity index (χ3v) is 7.74. The van der Waals surface area contributed by atoms with E-state index in [1.165, 1.54) is 4.88 Å². The molecule has 156 valence electrons. The quantitative estimate of drug-likeness (QED) is 0.406. The maximum absolute atomic E-state index is 12.8. The summed E-state index contributed by atoms with van der Waals surface area (Å²) in [6, 6.07) is 5.86. The lowest BCUT2D eigenvalue weighted by Gasteiger charge is -2.28. The molecule has 9 heteroatoms. The summed E-state index contributed by atoms with van der Waals surface area (Å²) in [4.78, 5) is 6.67. The van der Waals surface area contributed by atoms with Crippen molar-refractivity contribution < 1.29 is 13.5 Å². The van der Waals surface area contributed by atoms with E-state index < -0.39 is 6.61 Å². The van der Waals surface area contributed by atoms with Gasteiger partial charge in [0.25, 0.3) is 0 Å². The van der Waals surface area contributed by atoms with Crippen LogP contribution >= 0.6 is 34.3 Å². The van der Waals surface area contributed by atoms with Gasteiger partial charge in [-0.25, -0.2) is 4.98 Å². The van der Waals surface area contributed by atoms with Crippen molar-refractivity contribution in [3.8, 4) is 0 Å². The lowest BCUT2D eigenvalue weighted by Crippen LogP contribution is -2.31. The Hall–Kier alpha value is -1.32. The summed E-state index contributed by atoms with van der Waals surface area (Å²) < 4.78 is 31.2. The first kappa shape index (κ1) is 20.9. The number of alkyl halides is 2. The molecule has 0 aliphatic heterocycles. The van der Waals surface area contributed by atoms with Crippen molar-refractivity contribution in [3.05, 3.63) is 44.1 Å². The number of rotatable bonds is 7. The first-order valence-corrected chi connectivity index (χ1v) is 11.6. The van der Waals surface area contributed by atoms with Crippen LogP contribution in [-0.2, 0) is 17.9 Å². The predicted octanol–water partition coefficient (Wildman–Crippen LogP) is 6.35. The molecule has 3 aromatic rings. The van der Waals surface area contributed by atoms with E-state index in [9.17, 15) is 8.78 Å². The molecule has 0 aromatic carbocycles. The monoisotopic (exact) mass is 457 g/mol. The number of thiophene rings is 2. The first-order chi connectivity index (χ1) is 14.0. The number of aromatic nitrogens is 1. The van der Waals surface area contributed by atoms with Crippen molar-refractivity contribution in [3.63, 3.8) is 0 Å². The molecule has 1 fully saturated rings. The molecule has 0 saturated heterocycles. The van der Waals surface area contributed by atoms with Gasteiger partial charge < -0.3 is 15.8 Å². The molecule has 4 nitrogen and oxygen atoms in total. The van der Waals surface area contributed by atoms with Crippen LogP contribution in [0.3, 0.4) is 0 Å². The molecule has 1 aliphatic rings. The van der Waals surface area contributed by atoms with Gasteiger partial charge in [0.2, 0.25) is 0 Å². The normalized spacial score (nSPS) is 19.9. The Morgan fingerprint density at radius 1 is 1.34 bits per heavy atom. The third kappa shape index (κ3) is 4.72. The maximum atomic E-state index is 12.8. The molecule has 1 saturated carbocycles. The Morgan fingerprint density at radius 3 is 2.90 bits per heavy atom. The molecular weight excluding hydrogens is 436 g/mol. The van der Waals surface area contributed by atoms with Gasteiger partial charge in [-0.2, -0.15) is 8.78 Å². The Bertz CT molecular complexity index is 964. The average Bonchev–Trinajstić information content (AvgIpc) is 3.32. The molecular formula is C20H22ClF2N3OS2. The minimum atomic E-state index is -2.84. The largest absolute Gasteiger partial charge is 0.379 e. The smallest absolute Gasteiger partial charge is 0.345 e. The first-order valence-electron chi connectivity index (χ1n) is 9.56. The molecule has 2 atom stereocenters. The predicted molar refractivity (Wildman–Crippen MR) is 116 cm³/mol. The molecule has 0 radical (unpaired) electrons. The molecule has 3 heterocycles. The number of nitrogens with zero attached hydrogens (tertiary/aromatic N) is 1. The van der Waals surface area contributed by atoms with E-state index in [1.807, 2.05) is 11.4 Å². The van der Waals surface area contributed by atoms with Crippen LogP contribution < -0.4 is 11.1 Å². The number of nitrogens with two attached hydrogens (primary N) is 1. The molecule has 3 N–H and O–H groups in total. The van der Waals surface area contributed by atoms with E-state index in [0.29, 0.717) is 22.8 Å². The van der Waals surface area contributed by atoms with Crippen molar-refractivity contribution in [2.75, 3.05) is 5.32 Å². The number of nitrogens with one attached hydrogen (secondary N) is 1. The van der Waals surface area contributed by atoms with Crippen molar-refractivity contribution >= 4 is 50.2 Å². The zero-order valence-electron chi connectivity index (χ0n) is 15.7. The molecule has 0 amide bonds. The molecule has 0 bridgehead atoms. The number of hydrogen-bond donors (Lipinski definition) is 2. The summed E-state index contributed by atoms with van der Waals surface area (Å²) in [6.45, 7) is -2.38. The van der Waals surface area contributed by atoms with Crippen LogP contribution in [-0.4, -0.2) is 17.6 Å². The summed E-state index contributed by atoms with van der Waals surface area (Å²) in [5, 5.41) is 5.78. The van der Waals surface area contributed by atoms with Gasteiger partial charge in [-0.1, -0.05) is 30.5 Å². The van der Waals surface area contributed by atoms with Crippen molar-refractivity contribution in [1.29, 1.82) is 0 Å². The highest BCUT2D eigenvalue weighted by atomic mass is 35.5. The Balaban J connectivity index is 1.76. The second-order valence-corrected chi connectivity index (χ2v) is 9.65. The van der Waals surface area contributed by atoms with E-state index in [1.54, 1.807) is 28.7 Å². The van der Waals surface area contributed by atoms with Gasteiger partial charge in [0.15, 0.2) is 0 Å². The SMILES string of the molecule is N[C@H]1CCCC[C@@H]1c1sc2c(NCc3cccs3)cc(Cl)nc2c1COC(F)F. The second-order valence-electron chi connectivity index (χ2n) is 7.17. The number of halogens is 3. The van der Waals surface area contributed by atoms with E-state index in [-0.39, 0.29) is 18.6 Å². The van der Waals surface area contributed by atoms with Gasteiger partial charge >= 0.3 is 6.61 Å². The number of anilines is 1. The molecule has 3 aromatic heterocycles. The Kier molecular flexibility index (Phi) is 6.66. The zero-order valence-corrected chi connectivity index (χ0v) is 18.1. The molecule has 0 spiro atoms. The fourth-order valence-electron chi connectivity index (χ4n) is 3.90. The van der Waals surface area contributed by atoms with Crippen LogP contribution in [0.2, 0.25) is 5.15 Å². The van der Waals surface area contributed by atoms with Crippen molar-refractivity contribution in [2.45, 2.75) is 57.4 Å². The lowest BCUT2D eigenvalue weighted by molar-refractivity contribution is -0.137. The number of hydrogen-bond acceptors (Lipinski definition) is 6. The van der Waals surface area contributed by atoms with Crippen LogP contribution in [0.5, 0.6) is 0 Å². The molecule has 0 unspecified atom stereocenters. The van der Waals surface area contributed by atoms with Gasteiger partial charge in [-0.15, -0.1) is 22.7 Å². The van der Waals surface area contributed by atoms with Crippen LogP contribution in [0.1, 0.15) is 46.9 Å². The lowest BCUT2D eigenvalue weighted by atomic mass is 9.83. The summed E-state index contributed by atoms with van der Waals surface area (Å²) >= 11 is 9.53. The van der Waals surface area contributed by atoms with Gasteiger partial charge in [0.05, 0.1) is 22.5 Å². The fourth-order valence-corrected chi connectivity index (χ4v) is 6.18. The van der Waals surface area contributed by atoms with Gasteiger partial charge in [-0.05, 0) is 24.3 Å². The van der Waals surface area contributed by atoms with Crippen LogP contribution in [0.15, 0.2) is 23.6 Å². The molecule has 1 aliphatic carbocycles. The second kappa shape index (κ2) is 9.22. The van der Waals surface area contributed by atoms with Crippen LogP contribution in [0, 0.1) is 0 Å². The highest BCUT2D eigenvalue weighted by Crippen LogP contribution is 2.44. The summed E-state index contributed by atoms with van der Waals surface area (Å²) in [5.41, 5.74) is 8.58. The standard InChI is InChI=1S/C20H22ClF2N3OS2/c21-16-8-15(25-9-11-4-3-7-28-11)19-17(26-16)13(10-27-20(22)23)18(29-19)12-5-1-2-6-14(12)24/h3-4,7-8,12,14,20H,1-2,5-6,9-10,24H2,(H,25,26)/t12-,14-/m0/s1. The Labute approximate surface area is 181 Å². The number of pyridine rings is 1. The van der Waals surface area contributed by atoms with Gasteiger partial charge in [-0.3, -0.25) is 0 Å². The third-order valence-electron chi connectivity index (χ3n) is 5.28. The summed E-state index contributed by atoms with van der Waals surface area (Å²) in [5.74, 6) is 0.128. The van der Waals surface area contributed by atoms with Crippen molar-refractivity contribution in [2.24, 2.45) is 5.73 Å². The maximum Gasteiger partial charge on any atom is 0.345 e. The van der Waals surface area contributed by atoms with Crippen LogP contribution in [0.25, 0.3) is 10.2 Å². The molecule has 29 heavy (non-hydrogen) atoms. The van der Waals surface area contributed by atoms with E-state index in [4.69, 9.17) is 22.1 Å². The van der Waals surface area contributed by atoms with Crippen molar-refractivity contribution in [1.82, 2.24) is 4.98 Å². The highest BCUT2D eigenvalue weighted by molar-refractivity contribution is 7.20. The topological polar surface area (TPSA) is 60.2 Å². The average molecular weight is 458 g/mol. The highest BCUT2D eigenvalue weighted by Gasteiger charge is 2.30. The summed E-state index contributed by atoms with van der Waals surface area (Å²) in [7, 11) is 0. The van der Waals surface area contributed by atoms with Crippen LogP contribution in [0.4, 0.5) is 14.5 Å². The number of fused-ring (bicyclic) bond motifs is 1. The Morgan fingerprint density at radius 2 is 2.17 bits per heavy atom. The minimum Gasteiger partial charge on any atom is -0.379 e. The zero-order chi connectivity index (χ0) is 20.4. The molecule has 4 rings (SSSR count). The number of ether oxygens (including phenoxy) is 1. The van der Waals surface area contributed by atoms with Gasteiger partial charge in [0.1, 0.15) is 5.15 Å². The summed E-state index contributed by atoms with van der Waals surface area (Å²) in [6.07, 6.45) is 4.07.